The van der Waals surface area contributed by atoms with E-state index in [-0.39, 0.29) is 24.0 Å². The normalized spacial score (nSPS) is 20.1. The van der Waals surface area contributed by atoms with Crippen molar-refractivity contribution in [3.8, 4) is 0 Å². The van der Waals surface area contributed by atoms with E-state index >= 15 is 0 Å². The minimum atomic E-state index is -0.109. The van der Waals surface area contributed by atoms with Crippen LogP contribution < -0.4 is 10.6 Å². The molecule has 0 aromatic heterocycles. The minimum Gasteiger partial charge on any atom is -0.348 e. The molecular formula is C23H34N4O2. The van der Waals surface area contributed by atoms with Crippen LogP contribution in [0.1, 0.15) is 44.2 Å². The standard InChI is InChI=1S/C23H34N4O2/c1-3-13-24-23(29)27-16-14-26(15-17-27)21(20-11-7-8-12-20)22(28)25-18(2)19-9-5-4-6-10-19/h3-6,9-10,18,20-21H,1,7-8,11-17H2,2H3,(H,24,29)(H,25,28). The summed E-state index contributed by atoms with van der Waals surface area (Å²) in [6.45, 7) is 8.91. The van der Waals surface area contributed by atoms with E-state index in [1.165, 1.54) is 12.8 Å². The average Bonchev–Trinajstić information content (AvgIpc) is 3.27. The minimum absolute atomic E-state index is 0.0152. The average molecular weight is 399 g/mol. The van der Waals surface area contributed by atoms with Gasteiger partial charge in [-0.25, -0.2) is 4.79 Å². The molecule has 3 rings (SSSR count). The highest BCUT2D eigenvalue weighted by Crippen LogP contribution is 2.31. The molecule has 1 aliphatic heterocycles. The van der Waals surface area contributed by atoms with Crippen molar-refractivity contribution in [3.05, 3.63) is 48.6 Å². The molecular weight excluding hydrogens is 364 g/mol. The van der Waals surface area contributed by atoms with Crippen LogP contribution in [0.15, 0.2) is 43.0 Å². The molecule has 29 heavy (non-hydrogen) atoms. The van der Waals surface area contributed by atoms with Gasteiger partial charge in [0.15, 0.2) is 0 Å². The number of nitrogens with one attached hydrogen (secondary N) is 2. The summed E-state index contributed by atoms with van der Waals surface area (Å²) in [7, 11) is 0. The lowest BCUT2D eigenvalue weighted by molar-refractivity contribution is -0.129. The van der Waals surface area contributed by atoms with E-state index in [9.17, 15) is 9.59 Å². The lowest BCUT2D eigenvalue weighted by Gasteiger charge is -2.41. The Morgan fingerprint density at radius 3 is 2.41 bits per heavy atom. The van der Waals surface area contributed by atoms with Crippen LogP contribution >= 0.6 is 0 Å². The first-order chi connectivity index (χ1) is 14.1. The Kier molecular flexibility index (Phi) is 7.69. The fourth-order valence-electron chi connectivity index (χ4n) is 4.55. The van der Waals surface area contributed by atoms with Gasteiger partial charge in [-0.15, -0.1) is 6.58 Å². The van der Waals surface area contributed by atoms with Gasteiger partial charge in [-0.3, -0.25) is 9.69 Å². The number of piperazine rings is 1. The Bertz CT molecular complexity index is 679. The number of carbonyl (C=O) groups is 2. The predicted molar refractivity (Wildman–Crippen MR) is 115 cm³/mol. The van der Waals surface area contributed by atoms with Crippen LogP contribution in [0.3, 0.4) is 0 Å². The van der Waals surface area contributed by atoms with Crippen LogP contribution in [0.2, 0.25) is 0 Å². The van der Waals surface area contributed by atoms with Crippen molar-refractivity contribution in [1.29, 1.82) is 0 Å². The first-order valence-electron chi connectivity index (χ1n) is 10.8. The summed E-state index contributed by atoms with van der Waals surface area (Å²) in [5.74, 6) is 0.525. The van der Waals surface area contributed by atoms with Gasteiger partial charge in [-0.05, 0) is 31.2 Å². The summed E-state index contributed by atoms with van der Waals surface area (Å²) in [5, 5.41) is 6.09. The summed E-state index contributed by atoms with van der Waals surface area (Å²) in [5.41, 5.74) is 1.12. The van der Waals surface area contributed by atoms with E-state index in [2.05, 4.69) is 34.2 Å². The summed E-state index contributed by atoms with van der Waals surface area (Å²) in [4.78, 5) is 29.6. The lowest BCUT2D eigenvalue weighted by atomic mass is 9.94. The Hall–Kier alpha value is -2.34. The molecule has 2 atom stereocenters. The molecule has 1 aliphatic carbocycles. The van der Waals surface area contributed by atoms with E-state index in [0.717, 1.165) is 31.5 Å². The van der Waals surface area contributed by atoms with Gasteiger partial charge < -0.3 is 15.5 Å². The Morgan fingerprint density at radius 1 is 1.14 bits per heavy atom. The van der Waals surface area contributed by atoms with E-state index < -0.39 is 0 Å². The van der Waals surface area contributed by atoms with Gasteiger partial charge in [-0.2, -0.15) is 0 Å². The van der Waals surface area contributed by atoms with Crippen LogP contribution in [-0.2, 0) is 4.79 Å². The molecule has 3 amide bonds. The molecule has 0 bridgehead atoms. The lowest BCUT2D eigenvalue weighted by Crippen LogP contribution is -2.59. The maximum Gasteiger partial charge on any atom is 0.317 e. The van der Waals surface area contributed by atoms with E-state index in [1.54, 1.807) is 6.08 Å². The Balaban J connectivity index is 1.62. The van der Waals surface area contributed by atoms with Crippen molar-refractivity contribution in [2.24, 2.45) is 5.92 Å². The highest BCUT2D eigenvalue weighted by molar-refractivity contribution is 5.82. The first kappa shape index (κ1) is 21.4. The molecule has 2 aliphatic rings. The van der Waals surface area contributed by atoms with Crippen LogP contribution in [0, 0.1) is 5.92 Å². The monoisotopic (exact) mass is 398 g/mol. The molecule has 1 saturated heterocycles. The van der Waals surface area contributed by atoms with Crippen LogP contribution in [0.5, 0.6) is 0 Å². The molecule has 2 N–H and O–H groups in total. The van der Waals surface area contributed by atoms with Crippen molar-refractivity contribution < 1.29 is 9.59 Å². The summed E-state index contributed by atoms with van der Waals surface area (Å²) in [6.07, 6.45) is 6.30. The van der Waals surface area contributed by atoms with E-state index in [1.807, 2.05) is 30.0 Å². The maximum atomic E-state index is 13.3. The van der Waals surface area contributed by atoms with Gasteiger partial charge in [0, 0.05) is 32.7 Å². The quantitative estimate of drug-likeness (QED) is 0.694. The zero-order valence-corrected chi connectivity index (χ0v) is 17.5. The molecule has 2 unspecified atom stereocenters. The molecule has 1 heterocycles. The van der Waals surface area contributed by atoms with Crippen molar-refractivity contribution in [3.63, 3.8) is 0 Å². The Labute approximate surface area is 174 Å². The predicted octanol–water partition coefficient (Wildman–Crippen LogP) is 2.94. The van der Waals surface area contributed by atoms with E-state index in [0.29, 0.717) is 25.6 Å². The van der Waals surface area contributed by atoms with Gasteiger partial charge in [0.25, 0.3) is 0 Å². The maximum absolute atomic E-state index is 13.3. The first-order valence-corrected chi connectivity index (χ1v) is 10.8. The highest BCUT2D eigenvalue weighted by Gasteiger charge is 2.37. The van der Waals surface area contributed by atoms with Gasteiger partial charge in [0.2, 0.25) is 5.91 Å². The second-order valence-electron chi connectivity index (χ2n) is 8.13. The van der Waals surface area contributed by atoms with Crippen LogP contribution in [0.25, 0.3) is 0 Å². The molecule has 1 saturated carbocycles. The van der Waals surface area contributed by atoms with Crippen LogP contribution in [-0.4, -0.2) is 60.5 Å². The number of hydrogen-bond acceptors (Lipinski definition) is 3. The summed E-state index contributed by atoms with van der Waals surface area (Å²) >= 11 is 0. The molecule has 1 aromatic carbocycles. The fourth-order valence-corrected chi connectivity index (χ4v) is 4.55. The number of nitrogens with zero attached hydrogens (tertiary/aromatic N) is 2. The molecule has 6 heteroatoms. The molecule has 0 spiro atoms. The highest BCUT2D eigenvalue weighted by atomic mass is 16.2. The number of rotatable bonds is 7. The van der Waals surface area contributed by atoms with Gasteiger partial charge in [0.05, 0.1) is 12.1 Å². The Morgan fingerprint density at radius 2 is 1.79 bits per heavy atom. The molecule has 2 fully saturated rings. The van der Waals surface area contributed by atoms with Gasteiger partial charge in [0.1, 0.15) is 0 Å². The fraction of sp³-hybridized carbons (Fsp3) is 0.565. The zero-order valence-electron chi connectivity index (χ0n) is 17.5. The van der Waals surface area contributed by atoms with Crippen molar-refractivity contribution in [1.82, 2.24) is 20.4 Å². The molecule has 0 radical (unpaired) electrons. The third-order valence-electron chi connectivity index (χ3n) is 6.17. The summed E-state index contributed by atoms with van der Waals surface area (Å²) < 4.78 is 0. The second kappa shape index (κ2) is 10.4. The molecule has 6 nitrogen and oxygen atoms in total. The number of benzene rings is 1. The third kappa shape index (κ3) is 5.60. The smallest absolute Gasteiger partial charge is 0.317 e. The molecule has 158 valence electrons. The van der Waals surface area contributed by atoms with Gasteiger partial charge >= 0.3 is 6.03 Å². The molecule has 1 aromatic rings. The number of carbonyl (C=O) groups excluding carboxylic acids is 2. The van der Waals surface area contributed by atoms with Gasteiger partial charge in [-0.1, -0.05) is 49.2 Å². The number of hydrogen-bond donors (Lipinski definition) is 2. The van der Waals surface area contributed by atoms with Crippen molar-refractivity contribution in [2.45, 2.75) is 44.7 Å². The topological polar surface area (TPSA) is 64.7 Å². The van der Waals surface area contributed by atoms with Crippen molar-refractivity contribution >= 4 is 11.9 Å². The zero-order chi connectivity index (χ0) is 20.6. The SMILES string of the molecule is C=CCNC(=O)N1CCN(C(C(=O)NC(C)c2ccccc2)C2CCCC2)CC1. The van der Waals surface area contributed by atoms with E-state index in [4.69, 9.17) is 0 Å². The number of urea groups is 1. The van der Waals surface area contributed by atoms with Crippen LogP contribution in [0.4, 0.5) is 4.79 Å². The third-order valence-corrected chi connectivity index (χ3v) is 6.17. The van der Waals surface area contributed by atoms with Crippen molar-refractivity contribution in [2.75, 3.05) is 32.7 Å². The summed E-state index contributed by atoms with van der Waals surface area (Å²) in [6, 6.07) is 9.92. The second-order valence-corrected chi connectivity index (χ2v) is 8.13. The number of amides is 3. The largest absolute Gasteiger partial charge is 0.348 e.